The molecule has 0 aliphatic heterocycles. The monoisotopic (exact) mass is 357 g/mol. The second-order valence-electron chi connectivity index (χ2n) is 5.02. The lowest BCUT2D eigenvalue weighted by Gasteiger charge is -2.18. The average molecular weight is 358 g/mol. The Bertz CT molecular complexity index is 863. The Kier molecular flexibility index (Phi) is 3.94. The van der Waals surface area contributed by atoms with Crippen LogP contribution in [0.25, 0.3) is 10.8 Å². The molecule has 0 unspecified atom stereocenters. The normalized spacial score (nSPS) is 10.7. The summed E-state index contributed by atoms with van der Waals surface area (Å²) >= 11 is 3.19. The Balaban J connectivity index is 1.97. The van der Waals surface area contributed by atoms with E-state index in [0.29, 0.717) is 4.47 Å². The molecule has 0 saturated carbocycles. The van der Waals surface area contributed by atoms with E-state index >= 15 is 0 Å². The SMILES string of the molecule is CN(C(=O)c1ccc(Br)cc1F)c1ccc2ccccc2c1. The maximum atomic E-state index is 14.0. The van der Waals surface area contributed by atoms with Gasteiger partial charge in [-0.2, -0.15) is 0 Å². The van der Waals surface area contributed by atoms with Gasteiger partial charge in [0, 0.05) is 17.2 Å². The first-order valence-electron chi connectivity index (χ1n) is 6.78. The molecule has 110 valence electrons. The number of fused-ring (bicyclic) bond motifs is 1. The molecule has 0 fully saturated rings. The van der Waals surface area contributed by atoms with Gasteiger partial charge in [-0.25, -0.2) is 4.39 Å². The van der Waals surface area contributed by atoms with Gasteiger partial charge in [-0.1, -0.05) is 46.3 Å². The number of anilines is 1. The quantitative estimate of drug-likeness (QED) is 0.630. The molecule has 22 heavy (non-hydrogen) atoms. The standard InChI is InChI=1S/C18H13BrFNO/c1-21(18(22)16-9-7-14(19)11-17(16)20)15-8-6-12-4-2-3-5-13(12)10-15/h2-11H,1H3. The number of carbonyl (C=O) groups excluding carboxylic acids is 1. The van der Waals surface area contributed by atoms with Crippen LogP contribution in [0.1, 0.15) is 10.4 Å². The van der Waals surface area contributed by atoms with Crippen molar-refractivity contribution in [3.05, 3.63) is 76.5 Å². The number of hydrogen-bond acceptors (Lipinski definition) is 1. The zero-order chi connectivity index (χ0) is 15.7. The fraction of sp³-hybridized carbons (Fsp3) is 0.0556. The molecule has 0 bridgehead atoms. The first kappa shape index (κ1) is 14.7. The molecular weight excluding hydrogens is 345 g/mol. The molecule has 1 amide bonds. The number of benzene rings is 3. The smallest absolute Gasteiger partial charge is 0.260 e. The third-order valence-corrected chi connectivity index (χ3v) is 4.08. The van der Waals surface area contributed by atoms with Crippen LogP contribution in [0.5, 0.6) is 0 Å². The fourth-order valence-electron chi connectivity index (χ4n) is 2.35. The molecule has 0 aliphatic rings. The summed E-state index contributed by atoms with van der Waals surface area (Å²) in [5.41, 5.74) is 0.782. The van der Waals surface area contributed by atoms with Gasteiger partial charge in [0.2, 0.25) is 0 Å². The van der Waals surface area contributed by atoms with E-state index in [1.807, 2.05) is 42.5 Å². The minimum absolute atomic E-state index is 0.0545. The van der Waals surface area contributed by atoms with Crippen molar-refractivity contribution >= 4 is 38.3 Å². The first-order chi connectivity index (χ1) is 10.6. The largest absolute Gasteiger partial charge is 0.311 e. The van der Waals surface area contributed by atoms with E-state index in [1.165, 1.54) is 17.0 Å². The Labute approximate surface area is 136 Å². The minimum atomic E-state index is -0.535. The van der Waals surface area contributed by atoms with Crippen LogP contribution in [0, 0.1) is 5.82 Å². The van der Waals surface area contributed by atoms with Gasteiger partial charge in [0.15, 0.2) is 0 Å². The third-order valence-electron chi connectivity index (χ3n) is 3.59. The summed E-state index contributed by atoms with van der Waals surface area (Å²) < 4.78 is 14.6. The summed E-state index contributed by atoms with van der Waals surface area (Å²) in [7, 11) is 1.65. The number of nitrogens with zero attached hydrogens (tertiary/aromatic N) is 1. The topological polar surface area (TPSA) is 20.3 Å². The van der Waals surface area contributed by atoms with Gasteiger partial charge < -0.3 is 4.90 Å². The molecule has 3 aromatic rings. The summed E-state index contributed by atoms with van der Waals surface area (Å²) in [4.78, 5) is 13.9. The van der Waals surface area contributed by atoms with Gasteiger partial charge in [-0.3, -0.25) is 4.79 Å². The maximum absolute atomic E-state index is 14.0. The summed E-state index contributed by atoms with van der Waals surface area (Å²) in [6.07, 6.45) is 0. The number of halogens is 2. The molecule has 0 spiro atoms. The van der Waals surface area contributed by atoms with E-state index in [4.69, 9.17) is 0 Å². The van der Waals surface area contributed by atoms with E-state index in [-0.39, 0.29) is 11.5 Å². The molecule has 3 aromatic carbocycles. The number of carbonyl (C=O) groups is 1. The zero-order valence-corrected chi connectivity index (χ0v) is 13.5. The predicted molar refractivity (Wildman–Crippen MR) is 90.8 cm³/mol. The molecule has 2 nitrogen and oxygen atoms in total. The number of rotatable bonds is 2. The molecule has 0 aliphatic carbocycles. The van der Waals surface area contributed by atoms with Gasteiger partial charge >= 0.3 is 0 Å². The van der Waals surface area contributed by atoms with Crippen LogP contribution >= 0.6 is 15.9 Å². The van der Waals surface area contributed by atoms with Crippen molar-refractivity contribution in [1.82, 2.24) is 0 Å². The second kappa shape index (κ2) is 5.89. The fourth-order valence-corrected chi connectivity index (χ4v) is 2.68. The van der Waals surface area contributed by atoms with Crippen molar-refractivity contribution in [1.29, 1.82) is 0 Å². The van der Waals surface area contributed by atoms with Crippen molar-refractivity contribution in [2.75, 3.05) is 11.9 Å². The summed E-state index contributed by atoms with van der Waals surface area (Å²) in [6.45, 7) is 0. The Morgan fingerprint density at radius 2 is 1.73 bits per heavy atom. The van der Waals surface area contributed by atoms with Crippen molar-refractivity contribution in [3.8, 4) is 0 Å². The van der Waals surface area contributed by atoms with Crippen molar-refractivity contribution in [2.24, 2.45) is 0 Å². The van der Waals surface area contributed by atoms with Crippen LogP contribution in [-0.4, -0.2) is 13.0 Å². The molecular formula is C18H13BrFNO. The first-order valence-corrected chi connectivity index (χ1v) is 7.57. The van der Waals surface area contributed by atoms with Crippen LogP contribution in [0.2, 0.25) is 0 Å². The van der Waals surface area contributed by atoms with Crippen molar-refractivity contribution in [3.63, 3.8) is 0 Å². The van der Waals surface area contributed by atoms with E-state index in [2.05, 4.69) is 15.9 Å². The van der Waals surface area contributed by atoms with E-state index in [0.717, 1.165) is 16.5 Å². The van der Waals surface area contributed by atoms with E-state index in [1.54, 1.807) is 13.1 Å². The zero-order valence-electron chi connectivity index (χ0n) is 11.9. The molecule has 0 heterocycles. The van der Waals surface area contributed by atoms with Crippen molar-refractivity contribution in [2.45, 2.75) is 0 Å². The third kappa shape index (κ3) is 2.74. The maximum Gasteiger partial charge on any atom is 0.260 e. The highest BCUT2D eigenvalue weighted by molar-refractivity contribution is 9.10. The highest BCUT2D eigenvalue weighted by Crippen LogP contribution is 2.24. The Morgan fingerprint density at radius 1 is 1.00 bits per heavy atom. The van der Waals surface area contributed by atoms with Crippen LogP contribution in [0.15, 0.2) is 65.1 Å². The highest BCUT2D eigenvalue weighted by atomic mass is 79.9. The van der Waals surface area contributed by atoms with E-state index < -0.39 is 5.82 Å². The summed E-state index contributed by atoms with van der Waals surface area (Å²) in [5, 5.41) is 2.14. The highest BCUT2D eigenvalue weighted by Gasteiger charge is 2.17. The van der Waals surface area contributed by atoms with Crippen LogP contribution in [0.3, 0.4) is 0 Å². The predicted octanol–water partition coefficient (Wildman–Crippen LogP) is 5.02. The number of hydrogen-bond donors (Lipinski definition) is 0. The van der Waals surface area contributed by atoms with E-state index in [9.17, 15) is 9.18 Å². The lowest BCUT2D eigenvalue weighted by molar-refractivity contribution is 0.0989. The van der Waals surface area contributed by atoms with Gasteiger partial charge in [-0.05, 0) is 41.1 Å². The summed E-state index contributed by atoms with van der Waals surface area (Å²) in [5.74, 6) is -0.910. The second-order valence-corrected chi connectivity index (χ2v) is 5.94. The van der Waals surface area contributed by atoms with Crippen LogP contribution < -0.4 is 4.90 Å². The van der Waals surface area contributed by atoms with Crippen molar-refractivity contribution < 1.29 is 9.18 Å². The Morgan fingerprint density at radius 3 is 2.45 bits per heavy atom. The van der Waals surface area contributed by atoms with Gasteiger partial charge in [0.05, 0.1) is 5.56 Å². The van der Waals surface area contributed by atoms with Gasteiger partial charge in [-0.15, -0.1) is 0 Å². The minimum Gasteiger partial charge on any atom is -0.311 e. The molecule has 0 saturated heterocycles. The average Bonchev–Trinajstić information content (AvgIpc) is 2.53. The van der Waals surface area contributed by atoms with Crippen LogP contribution in [0.4, 0.5) is 10.1 Å². The van der Waals surface area contributed by atoms with Crippen LogP contribution in [-0.2, 0) is 0 Å². The molecule has 0 radical (unpaired) electrons. The van der Waals surface area contributed by atoms with Gasteiger partial charge in [0.1, 0.15) is 5.82 Å². The molecule has 3 rings (SSSR count). The van der Waals surface area contributed by atoms with Gasteiger partial charge in [0.25, 0.3) is 5.91 Å². The molecule has 0 atom stereocenters. The lowest BCUT2D eigenvalue weighted by Crippen LogP contribution is -2.27. The number of amides is 1. The molecule has 4 heteroatoms. The Hall–Kier alpha value is -2.20. The molecule has 0 N–H and O–H groups in total. The summed E-state index contributed by atoms with van der Waals surface area (Å²) in [6, 6.07) is 18.1. The lowest BCUT2D eigenvalue weighted by atomic mass is 10.1. The molecule has 0 aromatic heterocycles.